The van der Waals surface area contributed by atoms with Crippen molar-refractivity contribution in [2.24, 2.45) is 0 Å². The number of anilines is 2. The molecule has 4 aromatic rings. The number of hydrogen-bond acceptors (Lipinski definition) is 8. The third-order valence-electron chi connectivity index (χ3n) is 6.89. The van der Waals surface area contributed by atoms with E-state index < -0.39 is 24.6 Å². The number of methoxy groups -OCH3 is 1. The number of carbonyl (C=O) groups is 2. The molecule has 0 aliphatic carbocycles. The standard InChI is InChI=1S/C28H28ClF2N9O3/c1-43-28(42)34-18-8-9-19-22(13-18)35-20(26(30)31)4-2-3-5-21(27-32-14-23(19)37-27)36-25(41)11-6-16-12-17(29)7-10-24(16)40-15-33-38-39-40/h6-15,20-21,26,35H,2-5H2,1H3,(H,32,37)(H,34,42)(H,36,41)/b11-6+/t20?,21-/m0/s1. The SMILES string of the molecule is COC(=O)Nc1ccc2c(c1)NC(C(F)F)CCCC[C@H](NC(=O)/C=C/c1cc(Cl)ccc1-n1cnnn1)c1ncc-2[nH]1. The van der Waals surface area contributed by atoms with Crippen molar-refractivity contribution in [3.05, 3.63) is 71.4 Å². The van der Waals surface area contributed by atoms with Crippen LogP contribution in [-0.4, -0.2) is 61.8 Å². The molecule has 0 spiro atoms. The van der Waals surface area contributed by atoms with Crippen LogP contribution in [0.4, 0.5) is 25.0 Å². The highest BCUT2D eigenvalue weighted by atomic mass is 35.5. The molecule has 0 saturated carbocycles. The van der Waals surface area contributed by atoms with Gasteiger partial charge in [-0.3, -0.25) is 10.1 Å². The second-order valence-corrected chi connectivity index (χ2v) is 10.2. The van der Waals surface area contributed by atoms with Crippen LogP contribution >= 0.6 is 11.6 Å². The lowest BCUT2D eigenvalue weighted by molar-refractivity contribution is -0.117. The summed E-state index contributed by atoms with van der Waals surface area (Å²) in [6, 6.07) is 8.36. The van der Waals surface area contributed by atoms with Gasteiger partial charge in [0.2, 0.25) is 5.91 Å². The van der Waals surface area contributed by atoms with Crippen molar-refractivity contribution in [1.82, 2.24) is 35.5 Å². The third-order valence-corrected chi connectivity index (χ3v) is 7.12. The van der Waals surface area contributed by atoms with Gasteiger partial charge in [0.25, 0.3) is 6.43 Å². The first-order chi connectivity index (χ1) is 20.8. The highest BCUT2D eigenvalue weighted by Crippen LogP contribution is 2.33. The first-order valence-corrected chi connectivity index (χ1v) is 13.8. The van der Waals surface area contributed by atoms with Gasteiger partial charge in [-0.2, -0.15) is 4.68 Å². The van der Waals surface area contributed by atoms with Crippen molar-refractivity contribution in [2.75, 3.05) is 17.7 Å². The maximum absolute atomic E-state index is 14.0. The Morgan fingerprint density at radius 3 is 2.79 bits per heavy atom. The number of nitrogens with one attached hydrogen (secondary N) is 4. The van der Waals surface area contributed by atoms with E-state index in [1.807, 2.05) is 0 Å². The van der Waals surface area contributed by atoms with E-state index in [2.05, 4.69) is 46.2 Å². The fraction of sp³-hybridized carbons (Fsp3) is 0.286. The summed E-state index contributed by atoms with van der Waals surface area (Å²) in [4.78, 5) is 32.5. The van der Waals surface area contributed by atoms with Crippen molar-refractivity contribution < 1.29 is 23.1 Å². The summed E-state index contributed by atoms with van der Waals surface area (Å²) >= 11 is 6.18. The highest BCUT2D eigenvalue weighted by molar-refractivity contribution is 6.30. The minimum absolute atomic E-state index is 0.194. The Bertz CT molecular complexity index is 1610. The second kappa shape index (κ2) is 13.4. The summed E-state index contributed by atoms with van der Waals surface area (Å²) in [5, 5.41) is 20.2. The Morgan fingerprint density at radius 2 is 2.02 bits per heavy atom. The number of halogens is 3. The first-order valence-electron chi connectivity index (χ1n) is 13.4. The molecule has 0 fully saturated rings. The molecule has 43 heavy (non-hydrogen) atoms. The van der Waals surface area contributed by atoms with Crippen LogP contribution in [0.5, 0.6) is 0 Å². The normalized spacial score (nSPS) is 17.0. The molecule has 224 valence electrons. The Hall–Kier alpha value is -4.85. The van der Waals surface area contributed by atoms with Crippen LogP contribution in [0.1, 0.15) is 43.1 Å². The number of benzene rings is 2. The number of hydrogen-bond donors (Lipinski definition) is 4. The number of carbonyl (C=O) groups excluding carboxylic acids is 2. The van der Waals surface area contributed by atoms with Gasteiger partial charge in [0, 0.05) is 33.6 Å². The van der Waals surface area contributed by atoms with E-state index in [1.165, 1.54) is 24.2 Å². The van der Waals surface area contributed by atoms with Crippen LogP contribution < -0.4 is 16.0 Å². The van der Waals surface area contributed by atoms with Crippen LogP contribution in [0, 0.1) is 0 Å². The number of alkyl halides is 2. The first kappa shape index (κ1) is 29.6. The lowest BCUT2D eigenvalue weighted by Gasteiger charge is -2.23. The Morgan fingerprint density at radius 1 is 1.19 bits per heavy atom. The summed E-state index contributed by atoms with van der Waals surface area (Å²) in [6.45, 7) is 0. The number of aromatic nitrogens is 6. The molecule has 15 heteroatoms. The molecule has 12 nitrogen and oxygen atoms in total. The number of rotatable bonds is 6. The summed E-state index contributed by atoms with van der Waals surface area (Å²) in [5.41, 5.74) is 3.14. The molecule has 5 rings (SSSR count). The van der Waals surface area contributed by atoms with Gasteiger partial charge < -0.3 is 20.4 Å². The molecule has 2 aromatic heterocycles. The Kier molecular flexibility index (Phi) is 9.25. The number of imidazole rings is 1. The summed E-state index contributed by atoms with van der Waals surface area (Å²) in [7, 11) is 1.23. The smallest absolute Gasteiger partial charge is 0.411 e. The lowest BCUT2D eigenvalue weighted by Crippen LogP contribution is -2.29. The number of tetrazole rings is 1. The molecule has 1 unspecified atom stereocenters. The highest BCUT2D eigenvalue weighted by Gasteiger charge is 2.25. The predicted molar refractivity (Wildman–Crippen MR) is 156 cm³/mol. The van der Waals surface area contributed by atoms with E-state index in [4.69, 9.17) is 11.6 Å². The number of nitrogens with zero attached hydrogens (tertiary/aromatic N) is 5. The lowest BCUT2D eigenvalue weighted by atomic mass is 10.0. The van der Waals surface area contributed by atoms with Crippen molar-refractivity contribution >= 4 is 41.1 Å². The minimum atomic E-state index is -2.63. The van der Waals surface area contributed by atoms with Crippen molar-refractivity contribution in [3.8, 4) is 16.9 Å². The molecule has 2 aromatic carbocycles. The quantitative estimate of drug-likeness (QED) is 0.212. The molecule has 0 radical (unpaired) electrons. The van der Waals surface area contributed by atoms with Gasteiger partial charge >= 0.3 is 6.09 Å². The number of ether oxygens (including phenoxy) is 1. The van der Waals surface area contributed by atoms with Gasteiger partial charge in [0.05, 0.1) is 36.8 Å². The van der Waals surface area contributed by atoms with Crippen LogP contribution in [0.2, 0.25) is 5.02 Å². The summed E-state index contributed by atoms with van der Waals surface area (Å²) in [5.74, 6) is 0.131. The van der Waals surface area contributed by atoms with Crippen molar-refractivity contribution in [3.63, 3.8) is 0 Å². The fourth-order valence-corrected chi connectivity index (χ4v) is 4.95. The molecule has 0 saturated heterocycles. The van der Waals surface area contributed by atoms with Gasteiger partial charge in [0.15, 0.2) is 0 Å². The maximum Gasteiger partial charge on any atom is 0.411 e. The van der Waals surface area contributed by atoms with Crippen LogP contribution in [-0.2, 0) is 9.53 Å². The van der Waals surface area contributed by atoms with E-state index in [0.29, 0.717) is 64.0 Å². The van der Waals surface area contributed by atoms with Gasteiger partial charge in [-0.15, -0.1) is 5.10 Å². The Labute approximate surface area is 249 Å². The zero-order chi connectivity index (χ0) is 30.3. The predicted octanol–water partition coefficient (Wildman–Crippen LogP) is 5.37. The monoisotopic (exact) mass is 611 g/mol. The Balaban J connectivity index is 1.40. The topological polar surface area (TPSA) is 152 Å². The molecular weight excluding hydrogens is 584 g/mol. The number of H-pyrrole nitrogens is 1. The molecule has 2 amide bonds. The molecule has 1 aliphatic heterocycles. The summed E-state index contributed by atoms with van der Waals surface area (Å²) < 4.78 is 34.1. The number of aromatic amines is 1. The van der Waals surface area contributed by atoms with Gasteiger partial charge in [-0.05, 0) is 65.7 Å². The summed E-state index contributed by atoms with van der Waals surface area (Å²) in [6.07, 6.45) is 4.39. The average Bonchev–Trinajstić information content (AvgIpc) is 3.70. The van der Waals surface area contributed by atoms with Crippen LogP contribution in [0.3, 0.4) is 0 Å². The largest absolute Gasteiger partial charge is 0.453 e. The fourth-order valence-electron chi connectivity index (χ4n) is 4.77. The zero-order valence-electron chi connectivity index (χ0n) is 22.9. The minimum Gasteiger partial charge on any atom is -0.453 e. The molecule has 4 N–H and O–H groups in total. The van der Waals surface area contributed by atoms with E-state index in [9.17, 15) is 18.4 Å². The maximum atomic E-state index is 14.0. The molecule has 1 aliphatic rings. The zero-order valence-corrected chi connectivity index (χ0v) is 23.7. The third kappa shape index (κ3) is 7.33. The van der Waals surface area contributed by atoms with Gasteiger partial charge in [0.1, 0.15) is 12.2 Å². The van der Waals surface area contributed by atoms with E-state index >= 15 is 0 Å². The van der Waals surface area contributed by atoms with Crippen molar-refractivity contribution in [2.45, 2.75) is 44.2 Å². The second-order valence-electron chi connectivity index (χ2n) is 9.78. The van der Waals surface area contributed by atoms with Gasteiger partial charge in [-0.25, -0.2) is 18.6 Å². The van der Waals surface area contributed by atoms with Crippen LogP contribution in [0.15, 0.2) is 55.0 Å². The van der Waals surface area contributed by atoms with E-state index in [1.54, 1.807) is 48.7 Å². The number of fused-ring (bicyclic) bond motifs is 4. The van der Waals surface area contributed by atoms with Gasteiger partial charge in [-0.1, -0.05) is 24.4 Å². The van der Waals surface area contributed by atoms with E-state index in [-0.39, 0.29) is 12.3 Å². The van der Waals surface area contributed by atoms with Crippen LogP contribution in [0.25, 0.3) is 23.0 Å². The molecule has 3 heterocycles. The molecule has 2 atom stereocenters. The number of amides is 2. The van der Waals surface area contributed by atoms with E-state index in [0.717, 1.165) is 0 Å². The molecular formula is C28H28ClF2N9O3. The molecule has 2 bridgehead atoms. The average molecular weight is 612 g/mol. The van der Waals surface area contributed by atoms with Crippen molar-refractivity contribution in [1.29, 1.82) is 0 Å².